The molecule has 1 atom stereocenters. The van der Waals surface area contributed by atoms with Crippen molar-refractivity contribution in [3.63, 3.8) is 0 Å². The Morgan fingerprint density at radius 1 is 1.23 bits per heavy atom. The Balaban J connectivity index is 1.75. The molecule has 3 aromatic rings. The lowest BCUT2D eigenvalue weighted by Gasteiger charge is -2.16. The van der Waals surface area contributed by atoms with Crippen molar-refractivity contribution >= 4 is 16.9 Å². The molecule has 26 heavy (non-hydrogen) atoms. The predicted octanol–water partition coefficient (Wildman–Crippen LogP) is 3.89. The summed E-state index contributed by atoms with van der Waals surface area (Å²) in [6, 6.07) is 16.8. The molecule has 2 aromatic carbocycles. The van der Waals surface area contributed by atoms with Gasteiger partial charge in [0, 0.05) is 32.0 Å². The van der Waals surface area contributed by atoms with Crippen LogP contribution in [-0.4, -0.2) is 33.4 Å². The van der Waals surface area contributed by atoms with E-state index in [4.69, 9.17) is 4.98 Å². The van der Waals surface area contributed by atoms with Crippen molar-refractivity contribution in [2.24, 2.45) is 0 Å². The molecule has 0 unspecified atom stereocenters. The van der Waals surface area contributed by atoms with Crippen LogP contribution < -0.4 is 0 Å². The minimum absolute atomic E-state index is 0.125. The smallest absolute Gasteiger partial charge is 0.223 e. The van der Waals surface area contributed by atoms with Crippen molar-refractivity contribution in [2.75, 3.05) is 13.1 Å². The average Bonchev–Trinajstić information content (AvgIpc) is 3.17. The topological polar surface area (TPSA) is 38.1 Å². The summed E-state index contributed by atoms with van der Waals surface area (Å²) in [5.41, 5.74) is 4.62. The Bertz CT molecular complexity index is 972. The number of hydrogen-bond donors (Lipinski definition) is 0. The molecule has 0 saturated carbocycles. The number of para-hydroxylation sites is 2. The number of amides is 1. The minimum atomic E-state index is 0.125. The molecule has 4 rings (SSSR count). The van der Waals surface area contributed by atoms with Gasteiger partial charge in [-0.1, -0.05) is 48.0 Å². The number of hydrogen-bond acceptors (Lipinski definition) is 2. The number of carbonyl (C=O) groups excluding carboxylic acids is 1. The van der Waals surface area contributed by atoms with Crippen molar-refractivity contribution in [3.8, 4) is 0 Å². The van der Waals surface area contributed by atoms with E-state index in [1.165, 1.54) is 11.1 Å². The summed E-state index contributed by atoms with van der Waals surface area (Å²) in [5.74, 6) is 1.32. The quantitative estimate of drug-likeness (QED) is 0.658. The van der Waals surface area contributed by atoms with Gasteiger partial charge in [-0.15, -0.1) is 6.58 Å². The van der Waals surface area contributed by atoms with Crippen LogP contribution in [0.5, 0.6) is 0 Å². The molecule has 1 saturated heterocycles. The van der Waals surface area contributed by atoms with Gasteiger partial charge in [0.15, 0.2) is 0 Å². The molecule has 0 spiro atoms. The molecule has 4 nitrogen and oxygen atoms in total. The van der Waals surface area contributed by atoms with E-state index >= 15 is 0 Å². The van der Waals surface area contributed by atoms with Gasteiger partial charge in [0.1, 0.15) is 5.82 Å². The summed E-state index contributed by atoms with van der Waals surface area (Å²) < 4.78 is 2.28. The van der Waals surface area contributed by atoms with Crippen LogP contribution >= 0.6 is 0 Å². The number of fused-ring (bicyclic) bond motifs is 1. The van der Waals surface area contributed by atoms with Gasteiger partial charge in [-0.25, -0.2) is 4.98 Å². The van der Waals surface area contributed by atoms with E-state index in [-0.39, 0.29) is 11.8 Å². The number of aryl methyl sites for hydroxylation is 1. The summed E-state index contributed by atoms with van der Waals surface area (Å²) in [5, 5.41) is 0. The van der Waals surface area contributed by atoms with Crippen LogP contribution in [0.25, 0.3) is 11.0 Å². The second-order valence-electron chi connectivity index (χ2n) is 7.02. The van der Waals surface area contributed by atoms with Crippen LogP contribution in [0.4, 0.5) is 0 Å². The molecule has 1 fully saturated rings. The molecule has 4 heteroatoms. The monoisotopic (exact) mass is 345 g/mol. The maximum atomic E-state index is 12.3. The summed E-state index contributed by atoms with van der Waals surface area (Å²) in [4.78, 5) is 19.1. The molecular weight excluding hydrogens is 322 g/mol. The zero-order chi connectivity index (χ0) is 18.1. The fourth-order valence-corrected chi connectivity index (χ4v) is 3.84. The number of imidazole rings is 1. The summed E-state index contributed by atoms with van der Waals surface area (Å²) in [7, 11) is 0. The molecule has 1 aliphatic heterocycles. The Labute approximate surface area is 153 Å². The number of benzene rings is 2. The second-order valence-corrected chi connectivity index (χ2v) is 7.02. The van der Waals surface area contributed by atoms with E-state index in [0.717, 1.165) is 23.4 Å². The fourth-order valence-electron chi connectivity index (χ4n) is 3.84. The standard InChI is InChI=1S/C22H23N3O/c1-3-11-24-15-18(13-21(24)26)22-23-19-9-4-5-10-20(19)25(22)14-17-8-6-7-16(2)12-17/h3-10,12,18H,1,11,13-15H2,2H3/t18-/m1/s1. The van der Waals surface area contributed by atoms with Gasteiger partial charge >= 0.3 is 0 Å². The van der Waals surface area contributed by atoms with Gasteiger partial charge in [-0.2, -0.15) is 0 Å². The van der Waals surface area contributed by atoms with E-state index in [1.54, 1.807) is 6.08 Å². The molecule has 0 radical (unpaired) electrons. The number of rotatable bonds is 5. The molecule has 132 valence electrons. The molecule has 0 N–H and O–H groups in total. The van der Waals surface area contributed by atoms with Gasteiger partial charge in [0.25, 0.3) is 0 Å². The van der Waals surface area contributed by atoms with Crippen molar-refractivity contribution in [2.45, 2.75) is 25.8 Å². The number of aromatic nitrogens is 2. The summed E-state index contributed by atoms with van der Waals surface area (Å²) in [6.45, 7) is 7.95. The maximum Gasteiger partial charge on any atom is 0.223 e. The SMILES string of the molecule is C=CCN1C[C@H](c2nc3ccccc3n2Cc2cccc(C)c2)CC1=O. The first-order valence-corrected chi connectivity index (χ1v) is 9.05. The van der Waals surface area contributed by atoms with Crippen LogP contribution in [0.15, 0.2) is 61.2 Å². The van der Waals surface area contributed by atoms with Gasteiger partial charge in [-0.05, 0) is 24.6 Å². The zero-order valence-electron chi connectivity index (χ0n) is 15.1. The lowest BCUT2D eigenvalue weighted by Crippen LogP contribution is -2.25. The predicted molar refractivity (Wildman–Crippen MR) is 104 cm³/mol. The van der Waals surface area contributed by atoms with E-state index in [1.807, 2.05) is 23.1 Å². The molecule has 2 heterocycles. The van der Waals surface area contributed by atoms with Crippen LogP contribution in [0.1, 0.15) is 29.3 Å². The van der Waals surface area contributed by atoms with Gasteiger partial charge in [0.2, 0.25) is 5.91 Å². The normalized spacial score (nSPS) is 17.2. The number of carbonyl (C=O) groups is 1. The molecular formula is C22H23N3O. The van der Waals surface area contributed by atoms with Crippen LogP contribution in [-0.2, 0) is 11.3 Å². The number of nitrogens with zero attached hydrogens (tertiary/aromatic N) is 3. The Kier molecular flexibility index (Phi) is 4.33. The van der Waals surface area contributed by atoms with E-state index in [2.05, 4.69) is 48.4 Å². The Morgan fingerprint density at radius 3 is 2.88 bits per heavy atom. The van der Waals surface area contributed by atoms with E-state index in [9.17, 15) is 4.79 Å². The first-order valence-electron chi connectivity index (χ1n) is 9.05. The molecule has 1 aromatic heterocycles. The molecule has 1 aliphatic rings. The van der Waals surface area contributed by atoms with Crippen molar-refractivity contribution in [1.29, 1.82) is 0 Å². The first-order chi connectivity index (χ1) is 12.7. The third-order valence-corrected chi connectivity index (χ3v) is 5.04. The average molecular weight is 345 g/mol. The lowest BCUT2D eigenvalue weighted by molar-refractivity contribution is -0.127. The third-order valence-electron chi connectivity index (χ3n) is 5.04. The van der Waals surface area contributed by atoms with Gasteiger partial charge in [-0.3, -0.25) is 4.79 Å². The Hall–Kier alpha value is -2.88. The molecule has 1 amide bonds. The minimum Gasteiger partial charge on any atom is -0.338 e. The van der Waals surface area contributed by atoms with Crippen LogP contribution in [0.2, 0.25) is 0 Å². The van der Waals surface area contributed by atoms with E-state index in [0.29, 0.717) is 19.5 Å². The lowest BCUT2D eigenvalue weighted by atomic mass is 10.1. The highest BCUT2D eigenvalue weighted by atomic mass is 16.2. The third kappa shape index (κ3) is 3.03. The second kappa shape index (κ2) is 6.79. The highest BCUT2D eigenvalue weighted by Gasteiger charge is 2.33. The van der Waals surface area contributed by atoms with E-state index < -0.39 is 0 Å². The highest BCUT2D eigenvalue weighted by molar-refractivity contribution is 5.81. The molecule has 0 aliphatic carbocycles. The van der Waals surface area contributed by atoms with Crippen LogP contribution in [0, 0.1) is 6.92 Å². The fraction of sp³-hybridized carbons (Fsp3) is 0.273. The van der Waals surface area contributed by atoms with Crippen LogP contribution in [0.3, 0.4) is 0 Å². The van der Waals surface area contributed by atoms with Gasteiger partial charge in [0.05, 0.1) is 11.0 Å². The summed E-state index contributed by atoms with van der Waals surface area (Å²) in [6.07, 6.45) is 2.31. The van der Waals surface area contributed by atoms with Crippen molar-refractivity contribution in [3.05, 3.63) is 78.1 Å². The summed E-state index contributed by atoms with van der Waals surface area (Å²) >= 11 is 0. The first kappa shape index (κ1) is 16.6. The Morgan fingerprint density at radius 2 is 2.08 bits per heavy atom. The zero-order valence-corrected chi connectivity index (χ0v) is 15.1. The largest absolute Gasteiger partial charge is 0.338 e. The van der Waals surface area contributed by atoms with Gasteiger partial charge < -0.3 is 9.47 Å². The number of likely N-dealkylation sites (tertiary alicyclic amines) is 1. The van der Waals surface area contributed by atoms with Crippen molar-refractivity contribution < 1.29 is 4.79 Å². The maximum absolute atomic E-state index is 12.3. The van der Waals surface area contributed by atoms with Crippen molar-refractivity contribution in [1.82, 2.24) is 14.5 Å². The highest BCUT2D eigenvalue weighted by Crippen LogP contribution is 2.31. The molecule has 0 bridgehead atoms.